The Bertz CT molecular complexity index is 514. The van der Waals surface area contributed by atoms with Gasteiger partial charge in [-0.05, 0) is 24.5 Å². The van der Waals surface area contributed by atoms with E-state index < -0.39 is 0 Å². The summed E-state index contributed by atoms with van der Waals surface area (Å²) in [6.07, 6.45) is 3.98. The SMILES string of the molecule is NCc1cccc(-c2nc(C3CCC3)cs2)c1. The summed E-state index contributed by atoms with van der Waals surface area (Å²) in [5.74, 6) is 0.720. The zero-order chi connectivity index (χ0) is 11.7. The molecule has 17 heavy (non-hydrogen) atoms. The lowest BCUT2D eigenvalue weighted by Crippen LogP contribution is -2.08. The molecule has 0 amide bonds. The second-order valence-electron chi connectivity index (χ2n) is 4.61. The summed E-state index contributed by atoms with van der Waals surface area (Å²) in [7, 11) is 0. The van der Waals surface area contributed by atoms with E-state index in [0.29, 0.717) is 6.54 Å². The van der Waals surface area contributed by atoms with Crippen LogP contribution in [0.1, 0.15) is 36.4 Å². The third-order valence-electron chi connectivity index (χ3n) is 3.46. The topological polar surface area (TPSA) is 38.9 Å². The van der Waals surface area contributed by atoms with Gasteiger partial charge in [-0.1, -0.05) is 24.6 Å². The van der Waals surface area contributed by atoms with E-state index in [1.807, 2.05) is 0 Å². The molecule has 0 saturated heterocycles. The van der Waals surface area contributed by atoms with Crippen molar-refractivity contribution >= 4 is 11.3 Å². The van der Waals surface area contributed by atoms with E-state index in [0.717, 1.165) is 10.9 Å². The first kappa shape index (κ1) is 10.9. The summed E-state index contributed by atoms with van der Waals surface area (Å²) in [6.45, 7) is 0.592. The molecule has 0 radical (unpaired) electrons. The molecule has 1 aromatic heterocycles. The molecule has 2 N–H and O–H groups in total. The molecule has 3 rings (SSSR count). The highest BCUT2D eigenvalue weighted by atomic mass is 32.1. The minimum atomic E-state index is 0.592. The van der Waals surface area contributed by atoms with Crippen LogP contribution in [0.4, 0.5) is 0 Å². The summed E-state index contributed by atoms with van der Waals surface area (Å²) in [5.41, 5.74) is 9.32. The number of nitrogens with zero attached hydrogens (tertiary/aromatic N) is 1. The molecule has 1 aliphatic rings. The highest BCUT2D eigenvalue weighted by Crippen LogP contribution is 2.38. The van der Waals surface area contributed by atoms with Gasteiger partial charge >= 0.3 is 0 Å². The zero-order valence-electron chi connectivity index (χ0n) is 9.73. The maximum absolute atomic E-state index is 5.66. The Morgan fingerprint density at radius 2 is 2.24 bits per heavy atom. The van der Waals surface area contributed by atoms with Gasteiger partial charge < -0.3 is 5.73 Å². The molecular weight excluding hydrogens is 228 g/mol. The summed E-state index contributed by atoms with van der Waals surface area (Å²) in [5, 5.41) is 3.34. The lowest BCUT2D eigenvalue weighted by atomic mass is 9.83. The third-order valence-corrected chi connectivity index (χ3v) is 4.36. The van der Waals surface area contributed by atoms with Crippen LogP contribution in [0.5, 0.6) is 0 Å². The number of rotatable bonds is 3. The van der Waals surface area contributed by atoms with Crippen LogP contribution in [0.3, 0.4) is 0 Å². The largest absolute Gasteiger partial charge is 0.326 e. The van der Waals surface area contributed by atoms with E-state index >= 15 is 0 Å². The number of benzene rings is 1. The summed E-state index contributed by atoms with van der Waals surface area (Å²) < 4.78 is 0. The lowest BCUT2D eigenvalue weighted by Gasteiger charge is -2.22. The number of thiazole rings is 1. The van der Waals surface area contributed by atoms with Gasteiger partial charge in [-0.3, -0.25) is 0 Å². The maximum Gasteiger partial charge on any atom is 0.123 e. The molecule has 1 aliphatic carbocycles. The zero-order valence-corrected chi connectivity index (χ0v) is 10.5. The third kappa shape index (κ3) is 2.13. The van der Waals surface area contributed by atoms with E-state index in [1.54, 1.807) is 11.3 Å². The van der Waals surface area contributed by atoms with Crippen LogP contribution in [-0.2, 0) is 6.54 Å². The van der Waals surface area contributed by atoms with Crippen molar-refractivity contribution in [3.63, 3.8) is 0 Å². The standard InChI is InChI=1S/C14H16N2S/c15-8-10-3-1-6-12(7-10)14-16-13(9-17-14)11-4-2-5-11/h1,3,6-7,9,11H,2,4-5,8,15H2. The molecular formula is C14H16N2S. The van der Waals surface area contributed by atoms with Crippen molar-refractivity contribution in [1.82, 2.24) is 4.98 Å². The van der Waals surface area contributed by atoms with E-state index in [2.05, 4.69) is 29.6 Å². The fourth-order valence-corrected chi connectivity index (χ4v) is 3.04. The normalized spacial score (nSPS) is 15.8. The quantitative estimate of drug-likeness (QED) is 0.897. The molecule has 1 aromatic carbocycles. The van der Waals surface area contributed by atoms with E-state index in [4.69, 9.17) is 10.7 Å². The number of hydrogen-bond acceptors (Lipinski definition) is 3. The molecule has 2 aromatic rings. The number of aromatic nitrogens is 1. The fourth-order valence-electron chi connectivity index (χ4n) is 2.14. The van der Waals surface area contributed by atoms with Gasteiger partial charge in [0.05, 0.1) is 5.69 Å². The Hall–Kier alpha value is -1.19. The van der Waals surface area contributed by atoms with Crippen LogP contribution < -0.4 is 5.73 Å². The predicted molar refractivity (Wildman–Crippen MR) is 72.0 cm³/mol. The molecule has 1 fully saturated rings. The predicted octanol–water partition coefficient (Wildman–Crippen LogP) is 3.54. The average Bonchev–Trinajstić information content (AvgIpc) is 2.76. The van der Waals surface area contributed by atoms with Crippen LogP contribution in [0.25, 0.3) is 10.6 Å². The molecule has 88 valence electrons. The van der Waals surface area contributed by atoms with Gasteiger partial charge in [0.1, 0.15) is 5.01 Å². The first-order valence-electron chi connectivity index (χ1n) is 6.11. The monoisotopic (exact) mass is 244 g/mol. The van der Waals surface area contributed by atoms with Gasteiger partial charge in [0.15, 0.2) is 0 Å². The van der Waals surface area contributed by atoms with Crippen LogP contribution in [-0.4, -0.2) is 4.98 Å². The molecule has 1 heterocycles. The highest BCUT2D eigenvalue weighted by Gasteiger charge is 2.22. The van der Waals surface area contributed by atoms with Crippen molar-refractivity contribution in [1.29, 1.82) is 0 Å². The Morgan fingerprint density at radius 3 is 2.94 bits per heavy atom. The molecule has 2 nitrogen and oxygen atoms in total. The first-order valence-corrected chi connectivity index (χ1v) is 6.99. The summed E-state index contributed by atoms with van der Waals surface area (Å²) >= 11 is 1.75. The molecule has 0 atom stereocenters. The van der Waals surface area contributed by atoms with Crippen molar-refractivity contribution in [2.75, 3.05) is 0 Å². The van der Waals surface area contributed by atoms with Gasteiger partial charge in [-0.2, -0.15) is 0 Å². The van der Waals surface area contributed by atoms with Crippen molar-refractivity contribution in [3.05, 3.63) is 40.9 Å². The highest BCUT2D eigenvalue weighted by molar-refractivity contribution is 7.13. The lowest BCUT2D eigenvalue weighted by molar-refractivity contribution is 0.413. The minimum absolute atomic E-state index is 0.592. The van der Waals surface area contributed by atoms with Crippen molar-refractivity contribution < 1.29 is 0 Å². The molecule has 0 spiro atoms. The van der Waals surface area contributed by atoms with Gasteiger partial charge in [0, 0.05) is 23.4 Å². The summed E-state index contributed by atoms with van der Waals surface area (Å²) in [6, 6.07) is 8.37. The van der Waals surface area contributed by atoms with Gasteiger partial charge in [0.2, 0.25) is 0 Å². The Kier molecular flexibility index (Phi) is 2.95. The molecule has 0 aliphatic heterocycles. The van der Waals surface area contributed by atoms with Crippen molar-refractivity contribution in [2.45, 2.75) is 31.7 Å². The van der Waals surface area contributed by atoms with Gasteiger partial charge in [-0.15, -0.1) is 11.3 Å². The van der Waals surface area contributed by atoms with E-state index in [-0.39, 0.29) is 0 Å². The second-order valence-corrected chi connectivity index (χ2v) is 5.47. The number of hydrogen-bond donors (Lipinski definition) is 1. The number of nitrogens with two attached hydrogens (primary N) is 1. The van der Waals surface area contributed by atoms with Crippen LogP contribution >= 0.6 is 11.3 Å². The smallest absolute Gasteiger partial charge is 0.123 e. The molecule has 0 unspecified atom stereocenters. The molecule has 1 saturated carbocycles. The maximum atomic E-state index is 5.66. The average molecular weight is 244 g/mol. The molecule has 0 bridgehead atoms. The minimum Gasteiger partial charge on any atom is -0.326 e. The van der Waals surface area contributed by atoms with Crippen LogP contribution in [0.2, 0.25) is 0 Å². The van der Waals surface area contributed by atoms with Crippen molar-refractivity contribution in [3.8, 4) is 10.6 Å². The Labute approximate surface area is 106 Å². The van der Waals surface area contributed by atoms with Crippen molar-refractivity contribution in [2.24, 2.45) is 5.73 Å². The summed E-state index contributed by atoms with van der Waals surface area (Å²) in [4.78, 5) is 4.76. The molecule has 3 heteroatoms. The van der Waals surface area contributed by atoms with Crippen LogP contribution in [0.15, 0.2) is 29.6 Å². The Morgan fingerprint density at radius 1 is 1.35 bits per heavy atom. The fraction of sp³-hybridized carbons (Fsp3) is 0.357. The Balaban J connectivity index is 1.89. The van der Waals surface area contributed by atoms with Gasteiger partial charge in [-0.25, -0.2) is 4.98 Å². The van der Waals surface area contributed by atoms with E-state index in [1.165, 1.54) is 36.1 Å². The van der Waals surface area contributed by atoms with Crippen LogP contribution in [0, 0.1) is 0 Å². The first-order chi connectivity index (χ1) is 8.36. The van der Waals surface area contributed by atoms with Gasteiger partial charge in [0.25, 0.3) is 0 Å². The van der Waals surface area contributed by atoms with E-state index in [9.17, 15) is 0 Å². The second kappa shape index (κ2) is 4.59.